The zero-order valence-electron chi connectivity index (χ0n) is 14.4. The quantitative estimate of drug-likeness (QED) is 0.754. The zero-order chi connectivity index (χ0) is 18.1. The van der Waals surface area contributed by atoms with Crippen molar-refractivity contribution in [3.8, 4) is 5.75 Å². The third kappa shape index (κ3) is 5.84. The summed E-state index contributed by atoms with van der Waals surface area (Å²) in [7, 11) is 0. The Hall–Kier alpha value is -3.02. The van der Waals surface area contributed by atoms with Crippen molar-refractivity contribution >= 4 is 17.7 Å². The summed E-state index contributed by atoms with van der Waals surface area (Å²) in [6, 6.07) is 13.8. The number of nitrogens with one attached hydrogen (secondary N) is 2. The molecule has 132 valence electrons. The van der Waals surface area contributed by atoms with Crippen molar-refractivity contribution in [2.45, 2.75) is 20.4 Å². The second-order valence-electron chi connectivity index (χ2n) is 5.18. The number of hydrogen-bond acceptors (Lipinski definition) is 4. The Morgan fingerprint density at radius 1 is 0.920 bits per heavy atom. The van der Waals surface area contributed by atoms with E-state index in [9.17, 15) is 9.59 Å². The lowest BCUT2D eigenvalue weighted by molar-refractivity contribution is 0.0526. The van der Waals surface area contributed by atoms with E-state index >= 15 is 0 Å². The molecule has 25 heavy (non-hydrogen) atoms. The molecule has 2 N–H and O–H groups in total. The van der Waals surface area contributed by atoms with Gasteiger partial charge in [-0.3, -0.25) is 0 Å². The van der Waals surface area contributed by atoms with E-state index < -0.39 is 0 Å². The molecule has 0 aliphatic rings. The first kappa shape index (κ1) is 18.3. The van der Waals surface area contributed by atoms with Gasteiger partial charge in [-0.1, -0.05) is 12.1 Å². The van der Waals surface area contributed by atoms with Crippen molar-refractivity contribution < 1.29 is 19.1 Å². The van der Waals surface area contributed by atoms with Gasteiger partial charge in [0, 0.05) is 12.2 Å². The van der Waals surface area contributed by atoms with Gasteiger partial charge in [-0.2, -0.15) is 0 Å². The molecular formula is C19H22N2O4. The Bertz CT molecular complexity index is 696. The van der Waals surface area contributed by atoms with E-state index in [1.165, 1.54) is 0 Å². The minimum absolute atomic E-state index is 0.307. The largest absolute Gasteiger partial charge is 0.494 e. The summed E-state index contributed by atoms with van der Waals surface area (Å²) in [6.07, 6.45) is 0. The smallest absolute Gasteiger partial charge is 0.338 e. The highest BCUT2D eigenvalue weighted by atomic mass is 16.5. The fourth-order valence-corrected chi connectivity index (χ4v) is 2.13. The summed E-state index contributed by atoms with van der Waals surface area (Å²) in [4.78, 5) is 23.5. The molecule has 0 spiro atoms. The van der Waals surface area contributed by atoms with Gasteiger partial charge >= 0.3 is 12.0 Å². The number of benzene rings is 2. The fraction of sp³-hybridized carbons (Fsp3) is 0.263. The predicted octanol–water partition coefficient (Wildman–Crippen LogP) is 3.58. The molecule has 0 aliphatic carbocycles. The van der Waals surface area contributed by atoms with E-state index in [0.717, 1.165) is 11.3 Å². The molecule has 0 aromatic heterocycles. The molecule has 0 unspecified atom stereocenters. The van der Waals surface area contributed by atoms with Gasteiger partial charge < -0.3 is 20.1 Å². The number of anilines is 1. The Kier molecular flexibility index (Phi) is 6.83. The molecule has 2 aromatic rings. The Morgan fingerprint density at radius 2 is 1.60 bits per heavy atom. The number of ether oxygens (including phenoxy) is 2. The first-order chi connectivity index (χ1) is 12.1. The van der Waals surface area contributed by atoms with Crippen LogP contribution in [0.2, 0.25) is 0 Å². The van der Waals surface area contributed by atoms with E-state index in [1.807, 2.05) is 6.92 Å². The number of rotatable bonds is 7. The summed E-state index contributed by atoms with van der Waals surface area (Å²) in [5.41, 5.74) is 2.05. The lowest BCUT2D eigenvalue weighted by Gasteiger charge is -2.09. The average Bonchev–Trinajstić information content (AvgIpc) is 2.62. The summed E-state index contributed by atoms with van der Waals surface area (Å²) in [6.45, 7) is 4.97. The standard InChI is InChI=1S/C19H22N2O4/c1-3-24-17-11-9-16(10-12-17)21-19(23)20-13-14-5-7-15(8-6-14)18(22)25-4-2/h5-12H,3-4,13H2,1-2H3,(H2,20,21,23). The maximum atomic E-state index is 11.9. The van der Waals surface area contributed by atoms with E-state index in [0.29, 0.717) is 31.0 Å². The third-order valence-corrected chi connectivity index (χ3v) is 3.34. The second kappa shape index (κ2) is 9.32. The second-order valence-corrected chi connectivity index (χ2v) is 5.18. The van der Waals surface area contributed by atoms with Crippen LogP contribution < -0.4 is 15.4 Å². The first-order valence-corrected chi connectivity index (χ1v) is 8.16. The molecule has 0 atom stereocenters. The van der Waals surface area contributed by atoms with Crippen molar-refractivity contribution in [1.29, 1.82) is 0 Å². The molecule has 0 bridgehead atoms. The summed E-state index contributed by atoms with van der Waals surface area (Å²) >= 11 is 0. The lowest BCUT2D eigenvalue weighted by Crippen LogP contribution is -2.28. The van der Waals surface area contributed by atoms with Crippen LogP contribution in [0.15, 0.2) is 48.5 Å². The molecule has 6 nitrogen and oxygen atoms in total. The van der Waals surface area contributed by atoms with Crippen LogP contribution in [-0.2, 0) is 11.3 Å². The summed E-state index contributed by atoms with van der Waals surface area (Å²) in [5, 5.41) is 5.51. The van der Waals surface area contributed by atoms with Crippen molar-refractivity contribution in [2.75, 3.05) is 18.5 Å². The van der Waals surface area contributed by atoms with E-state index in [2.05, 4.69) is 10.6 Å². The number of amides is 2. The maximum absolute atomic E-state index is 11.9. The van der Waals surface area contributed by atoms with Crippen molar-refractivity contribution in [3.63, 3.8) is 0 Å². The van der Waals surface area contributed by atoms with Crippen LogP contribution in [0.25, 0.3) is 0 Å². The van der Waals surface area contributed by atoms with E-state index in [-0.39, 0.29) is 12.0 Å². The van der Waals surface area contributed by atoms with Crippen LogP contribution in [-0.4, -0.2) is 25.2 Å². The molecule has 0 saturated carbocycles. The average molecular weight is 342 g/mol. The molecule has 2 rings (SSSR count). The van der Waals surface area contributed by atoms with E-state index in [4.69, 9.17) is 9.47 Å². The molecule has 0 fully saturated rings. The highest BCUT2D eigenvalue weighted by Crippen LogP contribution is 2.15. The highest BCUT2D eigenvalue weighted by molar-refractivity contribution is 5.90. The van der Waals surface area contributed by atoms with Gasteiger partial charge in [-0.05, 0) is 55.8 Å². The van der Waals surface area contributed by atoms with Gasteiger partial charge in [-0.15, -0.1) is 0 Å². The summed E-state index contributed by atoms with van der Waals surface area (Å²) < 4.78 is 10.3. The van der Waals surface area contributed by atoms with Gasteiger partial charge in [0.2, 0.25) is 0 Å². The molecule has 0 saturated heterocycles. The molecule has 2 amide bonds. The van der Waals surface area contributed by atoms with Crippen molar-refractivity contribution in [2.24, 2.45) is 0 Å². The number of carbonyl (C=O) groups excluding carboxylic acids is 2. The number of carbonyl (C=O) groups is 2. The number of hydrogen-bond donors (Lipinski definition) is 2. The van der Waals surface area contributed by atoms with Crippen LogP contribution in [0.3, 0.4) is 0 Å². The minimum Gasteiger partial charge on any atom is -0.494 e. The summed E-state index contributed by atoms with van der Waals surface area (Å²) in [5.74, 6) is 0.408. The lowest BCUT2D eigenvalue weighted by atomic mass is 10.1. The molecule has 0 radical (unpaired) electrons. The van der Waals surface area contributed by atoms with E-state index in [1.54, 1.807) is 55.5 Å². The topological polar surface area (TPSA) is 76.7 Å². The number of urea groups is 1. The van der Waals surface area contributed by atoms with Gasteiger partial charge in [0.15, 0.2) is 0 Å². The van der Waals surface area contributed by atoms with Gasteiger partial charge in [0.05, 0.1) is 18.8 Å². The minimum atomic E-state index is -0.352. The molecule has 6 heteroatoms. The first-order valence-electron chi connectivity index (χ1n) is 8.16. The van der Waals surface area contributed by atoms with Crippen LogP contribution in [0.5, 0.6) is 5.75 Å². The normalized spacial score (nSPS) is 10.0. The van der Waals surface area contributed by atoms with Gasteiger partial charge in [-0.25, -0.2) is 9.59 Å². The van der Waals surface area contributed by atoms with Crippen LogP contribution >= 0.6 is 0 Å². The fourth-order valence-electron chi connectivity index (χ4n) is 2.13. The molecule has 0 aliphatic heterocycles. The van der Waals surface area contributed by atoms with Gasteiger partial charge in [0.25, 0.3) is 0 Å². The predicted molar refractivity (Wildman–Crippen MR) is 95.9 cm³/mol. The van der Waals surface area contributed by atoms with Crippen molar-refractivity contribution in [1.82, 2.24) is 5.32 Å². The maximum Gasteiger partial charge on any atom is 0.338 e. The van der Waals surface area contributed by atoms with Crippen LogP contribution in [0.4, 0.5) is 10.5 Å². The Labute approximate surface area is 147 Å². The highest BCUT2D eigenvalue weighted by Gasteiger charge is 2.06. The zero-order valence-corrected chi connectivity index (χ0v) is 14.4. The molecular weight excluding hydrogens is 320 g/mol. The Balaban J connectivity index is 1.82. The molecule has 2 aromatic carbocycles. The molecule has 0 heterocycles. The van der Waals surface area contributed by atoms with Gasteiger partial charge in [0.1, 0.15) is 5.75 Å². The third-order valence-electron chi connectivity index (χ3n) is 3.34. The van der Waals surface area contributed by atoms with Crippen LogP contribution in [0.1, 0.15) is 29.8 Å². The Morgan fingerprint density at radius 3 is 2.20 bits per heavy atom. The monoisotopic (exact) mass is 342 g/mol. The number of esters is 1. The SMILES string of the molecule is CCOC(=O)c1ccc(CNC(=O)Nc2ccc(OCC)cc2)cc1. The van der Waals surface area contributed by atoms with Crippen LogP contribution in [0, 0.1) is 0 Å². The van der Waals surface area contributed by atoms with Crippen molar-refractivity contribution in [3.05, 3.63) is 59.7 Å².